The van der Waals surface area contributed by atoms with Crippen molar-refractivity contribution in [2.24, 2.45) is 0 Å². The minimum absolute atomic E-state index is 0.0556. The molecule has 0 unspecified atom stereocenters. The van der Waals surface area contributed by atoms with Gasteiger partial charge in [0.05, 0.1) is 0 Å². The lowest BCUT2D eigenvalue weighted by atomic mass is 10.1. The fourth-order valence-corrected chi connectivity index (χ4v) is 2.95. The van der Waals surface area contributed by atoms with Crippen molar-refractivity contribution in [3.63, 3.8) is 0 Å². The number of benzene rings is 4. The van der Waals surface area contributed by atoms with Crippen molar-refractivity contribution < 1.29 is 14.3 Å². The van der Waals surface area contributed by atoms with Crippen molar-refractivity contribution in [2.75, 3.05) is 11.9 Å². The van der Waals surface area contributed by atoms with Crippen LogP contribution in [-0.4, -0.2) is 12.5 Å². The molecule has 144 valence electrons. The molecule has 0 aromatic heterocycles. The van der Waals surface area contributed by atoms with E-state index in [2.05, 4.69) is 5.32 Å². The second-order valence-corrected chi connectivity index (χ2v) is 6.79. The molecule has 0 radical (unpaired) electrons. The van der Waals surface area contributed by atoms with Crippen molar-refractivity contribution in [1.29, 1.82) is 0 Å². The van der Waals surface area contributed by atoms with E-state index in [0.717, 1.165) is 16.5 Å². The fourth-order valence-electron chi connectivity index (χ4n) is 2.95. The molecule has 4 heteroatoms. The van der Waals surface area contributed by atoms with E-state index < -0.39 is 0 Å². The number of carbonyl (C=O) groups is 1. The highest BCUT2D eigenvalue weighted by Gasteiger charge is 2.05. The highest BCUT2D eigenvalue weighted by molar-refractivity contribution is 5.92. The quantitative estimate of drug-likeness (QED) is 0.447. The highest BCUT2D eigenvalue weighted by atomic mass is 16.5. The first-order valence-electron chi connectivity index (χ1n) is 9.42. The van der Waals surface area contributed by atoms with Crippen LogP contribution in [0.1, 0.15) is 5.56 Å². The summed E-state index contributed by atoms with van der Waals surface area (Å²) in [5.74, 6) is 1.93. The summed E-state index contributed by atoms with van der Waals surface area (Å²) < 4.78 is 11.4. The number of carbonyl (C=O) groups excluding carboxylic acids is 1. The van der Waals surface area contributed by atoms with Gasteiger partial charge < -0.3 is 14.8 Å². The molecule has 4 rings (SSSR count). The Bertz CT molecular complexity index is 1120. The minimum Gasteiger partial charge on any atom is -0.484 e. The zero-order chi connectivity index (χ0) is 20.1. The van der Waals surface area contributed by atoms with Crippen LogP contribution in [0.3, 0.4) is 0 Å². The van der Waals surface area contributed by atoms with E-state index in [0.29, 0.717) is 17.2 Å². The lowest BCUT2D eigenvalue weighted by Gasteiger charge is -2.10. The van der Waals surface area contributed by atoms with Gasteiger partial charge in [0.15, 0.2) is 6.61 Å². The zero-order valence-electron chi connectivity index (χ0n) is 16.1. The number of hydrogen-bond acceptors (Lipinski definition) is 3. The van der Waals surface area contributed by atoms with Gasteiger partial charge in [0.25, 0.3) is 5.91 Å². The van der Waals surface area contributed by atoms with Gasteiger partial charge in [-0.05, 0) is 66.2 Å². The first-order valence-corrected chi connectivity index (χ1v) is 9.42. The first kappa shape index (κ1) is 18.6. The normalized spacial score (nSPS) is 10.5. The van der Waals surface area contributed by atoms with E-state index >= 15 is 0 Å². The number of nitrogens with one attached hydrogen (secondary N) is 1. The maximum Gasteiger partial charge on any atom is 0.262 e. The molecule has 1 N–H and O–H groups in total. The van der Waals surface area contributed by atoms with Crippen LogP contribution in [0.5, 0.6) is 17.2 Å². The molecule has 4 aromatic carbocycles. The summed E-state index contributed by atoms with van der Waals surface area (Å²) in [4.78, 5) is 12.2. The minimum atomic E-state index is -0.217. The third-order valence-corrected chi connectivity index (χ3v) is 4.49. The Balaban J connectivity index is 1.31. The van der Waals surface area contributed by atoms with Crippen molar-refractivity contribution in [3.05, 3.63) is 96.6 Å². The largest absolute Gasteiger partial charge is 0.484 e. The zero-order valence-corrected chi connectivity index (χ0v) is 16.1. The predicted molar refractivity (Wildman–Crippen MR) is 116 cm³/mol. The van der Waals surface area contributed by atoms with Crippen LogP contribution in [0, 0.1) is 6.92 Å². The Hall–Kier alpha value is -3.79. The second kappa shape index (κ2) is 8.48. The standard InChI is InChI=1S/C25H21NO3/c1-18-6-11-22(12-7-18)29-23-14-9-21(10-15-23)26-25(27)17-28-24-13-8-19-4-2-3-5-20(19)16-24/h2-16H,17H2,1H3,(H,26,27). The number of ether oxygens (including phenoxy) is 2. The Labute approximate surface area is 169 Å². The molecule has 0 heterocycles. The van der Waals surface area contributed by atoms with Gasteiger partial charge in [0.2, 0.25) is 0 Å². The summed E-state index contributed by atoms with van der Waals surface area (Å²) in [6.07, 6.45) is 0. The van der Waals surface area contributed by atoms with Gasteiger partial charge in [-0.15, -0.1) is 0 Å². The Kier molecular flexibility index (Phi) is 5.43. The monoisotopic (exact) mass is 383 g/mol. The van der Waals surface area contributed by atoms with Gasteiger partial charge in [-0.1, -0.05) is 48.0 Å². The van der Waals surface area contributed by atoms with Crippen LogP contribution in [0.2, 0.25) is 0 Å². The van der Waals surface area contributed by atoms with Crippen molar-refractivity contribution >= 4 is 22.4 Å². The topological polar surface area (TPSA) is 47.6 Å². The number of aryl methyl sites for hydroxylation is 1. The Morgan fingerprint density at radius 2 is 1.38 bits per heavy atom. The van der Waals surface area contributed by atoms with Gasteiger partial charge >= 0.3 is 0 Å². The summed E-state index contributed by atoms with van der Waals surface area (Å²) >= 11 is 0. The molecule has 0 bridgehead atoms. The summed E-state index contributed by atoms with van der Waals surface area (Å²) in [7, 11) is 0. The molecule has 0 atom stereocenters. The van der Waals surface area contributed by atoms with Gasteiger partial charge in [-0.2, -0.15) is 0 Å². The molecular weight excluding hydrogens is 362 g/mol. The lowest BCUT2D eigenvalue weighted by molar-refractivity contribution is -0.118. The average Bonchev–Trinajstić information content (AvgIpc) is 2.75. The maximum absolute atomic E-state index is 12.2. The second-order valence-electron chi connectivity index (χ2n) is 6.79. The van der Waals surface area contributed by atoms with Crippen LogP contribution in [0.25, 0.3) is 10.8 Å². The predicted octanol–water partition coefficient (Wildman–Crippen LogP) is 5.96. The smallest absolute Gasteiger partial charge is 0.262 e. The van der Waals surface area contributed by atoms with Gasteiger partial charge in [0, 0.05) is 5.69 Å². The summed E-state index contributed by atoms with van der Waals surface area (Å²) in [5, 5.41) is 5.04. The molecule has 29 heavy (non-hydrogen) atoms. The van der Waals surface area contributed by atoms with E-state index in [4.69, 9.17) is 9.47 Å². The van der Waals surface area contributed by atoms with Crippen molar-refractivity contribution in [1.82, 2.24) is 0 Å². The molecular formula is C25H21NO3. The molecule has 0 spiro atoms. The molecule has 0 aliphatic rings. The number of amides is 1. The van der Waals surface area contributed by atoms with E-state index in [-0.39, 0.29) is 12.5 Å². The van der Waals surface area contributed by atoms with Crippen molar-refractivity contribution in [2.45, 2.75) is 6.92 Å². The van der Waals surface area contributed by atoms with E-state index in [1.165, 1.54) is 5.56 Å². The van der Waals surface area contributed by atoms with Crippen LogP contribution in [-0.2, 0) is 4.79 Å². The number of hydrogen-bond donors (Lipinski definition) is 1. The Morgan fingerprint density at radius 3 is 2.10 bits per heavy atom. The Morgan fingerprint density at radius 1 is 0.759 bits per heavy atom. The maximum atomic E-state index is 12.2. The lowest BCUT2D eigenvalue weighted by Crippen LogP contribution is -2.20. The number of rotatable bonds is 6. The molecule has 0 saturated carbocycles. The molecule has 1 amide bonds. The molecule has 4 nitrogen and oxygen atoms in total. The van der Waals surface area contributed by atoms with E-state index in [9.17, 15) is 4.79 Å². The molecule has 0 saturated heterocycles. The fraction of sp³-hybridized carbons (Fsp3) is 0.0800. The molecule has 0 aliphatic carbocycles. The number of anilines is 1. The van der Waals surface area contributed by atoms with Gasteiger partial charge in [-0.3, -0.25) is 4.79 Å². The van der Waals surface area contributed by atoms with Crippen LogP contribution < -0.4 is 14.8 Å². The van der Waals surface area contributed by atoms with Gasteiger partial charge in [0.1, 0.15) is 17.2 Å². The molecule has 4 aromatic rings. The average molecular weight is 383 g/mol. The number of fused-ring (bicyclic) bond motifs is 1. The third kappa shape index (κ3) is 4.93. The summed E-state index contributed by atoms with van der Waals surface area (Å²) in [5.41, 5.74) is 1.87. The van der Waals surface area contributed by atoms with Crippen LogP contribution >= 0.6 is 0 Å². The summed E-state index contributed by atoms with van der Waals surface area (Å²) in [6.45, 7) is 1.98. The van der Waals surface area contributed by atoms with Crippen molar-refractivity contribution in [3.8, 4) is 17.2 Å². The third-order valence-electron chi connectivity index (χ3n) is 4.49. The van der Waals surface area contributed by atoms with Crippen LogP contribution in [0.4, 0.5) is 5.69 Å². The SMILES string of the molecule is Cc1ccc(Oc2ccc(NC(=O)COc3ccc4ccccc4c3)cc2)cc1. The highest BCUT2D eigenvalue weighted by Crippen LogP contribution is 2.24. The van der Waals surface area contributed by atoms with Gasteiger partial charge in [-0.25, -0.2) is 0 Å². The molecule has 0 fully saturated rings. The van der Waals surface area contributed by atoms with E-state index in [1.54, 1.807) is 12.1 Å². The summed E-state index contributed by atoms with van der Waals surface area (Å²) in [6, 6.07) is 28.9. The molecule has 0 aliphatic heterocycles. The first-order chi connectivity index (χ1) is 14.2. The van der Waals surface area contributed by atoms with E-state index in [1.807, 2.05) is 85.8 Å². The van der Waals surface area contributed by atoms with Crippen LogP contribution in [0.15, 0.2) is 91.0 Å².